The average Bonchev–Trinajstić information content (AvgIpc) is 2.85. The molecule has 3 heteroatoms. The first-order valence-electron chi connectivity index (χ1n) is 5.05. The van der Waals surface area contributed by atoms with E-state index in [4.69, 9.17) is 0 Å². The molecule has 1 aliphatic carbocycles. The normalized spacial score (nSPS) is 30.4. The molecule has 2 nitrogen and oxygen atoms in total. The molecule has 0 spiro atoms. The maximum Gasteiger partial charge on any atom is 0.0295 e. The van der Waals surface area contributed by atoms with Crippen molar-refractivity contribution in [2.24, 2.45) is 5.92 Å². The fourth-order valence-corrected chi connectivity index (χ4v) is 2.40. The van der Waals surface area contributed by atoms with Crippen LogP contribution in [-0.2, 0) is 0 Å². The molecule has 0 aromatic carbocycles. The minimum absolute atomic E-state index is 0.751. The van der Waals surface area contributed by atoms with Crippen LogP contribution in [-0.4, -0.2) is 37.1 Å². The van der Waals surface area contributed by atoms with Gasteiger partial charge in [-0.1, -0.05) is 22.5 Å². The van der Waals surface area contributed by atoms with Crippen LogP contribution in [0, 0.1) is 5.92 Å². The highest BCUT2D eigenvalue weighted by Gasteiger charge is 2.33. The zero-order chi connectivity index (χ0) is 9.26. The molecule has 1 heterocycles. The lowest BCUT2D eigenvalue weighted by Crippen LogP contribution is -2.51. The van der Waals surface area contributed by atoms with Crippen molar-refractivity contribution in [3.05, 3.63) is 11.1 Å². The standard InChI is InChI=1S/C10H17BrN2/c1-8(11)6-13-5-4-12-10(7-13)9-2-3-9/h9-10,12H,1-7H2. The summed E-state index contributed by atoms with van der Waals surface area (Å²) in [4.78, 5) is 2.48. The molecule has 0 aromatic heterocycles. The van der Waals surface area contributed by atoms with Crippen molar-refractivity contribution < 1.29 is 0 Å². The van der Waals surface area contributed by atoms with Crippen LogP contribution in [0.4, 0.5) is 0 Å². The first kappa shape index (κ1) is 9.69. The van der Waals surface area contributed by atoms with Crippen molar-refractivity contribution in [2.45, 2.75) is 18.9 Å². The molecule has 1 unspecified atom stereocenters. The predicted octanol–water partition coefficient (Wildman–Crippen LogP) is 1.58. The average molecular weight is 245 g/mol. The van der Waals surface area contributed by atoms with Crippen LogP contribution < -0.4 is 5.32 Å². The van der Waals surface area contributed by atoms with Gasteiger partial charge in [-0.15, -0.1) is 0 Å². The summed E-state index contributed by atoms with van der Waals surface area (Å²) in [7, 11) is 0. The topological polar surface area (TPSA) is 15.3 Å². The second kappa shape index (κ2) is 4.11. The molecule has 1 aliphatic heterocycles. The maximum absolute atomic E-state index is 3.89. The molecule has 2 fully saturated rings. The Labute approximate surface area is 88.5 Å². The number of hydrogen-bond acceptors (Lipinski definition) is 2. The first-order chi connectivity index (χ1) is 6.25. The number of piperazine rings is 1. The Kier molecular flexibility index (Phi) is 3.06. The Morgan fingerprint density at radius 2 is 2.31 bits per heavy atom. The third-order valence-electron chi connectivity index (χ3n) is 2.88. The van der Waals surface area contributed by atoms with E-state index in [2.05, 4.69) is 32.7 Å². The van der Waals surface area contributed by atoms with Crippen molar-refractivity contribution in [3.8, 4) is 0 Å². The number of nitrogens with one attached hydrogen (secondary N) is 1. The number of rotatable bonds is 3. The number of nitrogens with zero attached hydrogens (tertiary/aromatic N) is 1. The van der Waals surface area contributed by atoms with Gasteiger partial charge < -0.3 is 5.32 Å². The van der Waals surface area contributed by atoms with Crippen molar-refractivity contribution in [1.29, 1.82) is 0 Å². The molecule has 1 saturated carbocycles. The quantitative estimate of drug-likeness (QED) is 0.812. The summed E-state index contributed by atoms with van der Waals surface area (Å²) in [5.74, 6) is 0.964. The summed E-state index contributed by atoms with van der Waals surface area (Å²) in [6.45, 7) is 8.40. The SMILES string of the molecule is C=C(Br)CN1CCNC(C2CC2)C1. The summed E-state index contributed by atoms with van der Waals surface area (Å²) >= 11 is 3.43. The van der Waals surface area contributed by atoms with Crippen molar-refractivity contribution >= 4 is 15.9 Å². The van der Waals surface area contributed by atoms with Crippen LogP contribution in [0.2, 0.25) is 0 Å². The fourth-order valence-electron chi connectivity index (χ4n) is 2.04. The van der Waals surface area contributed by atoms with Gasteiger partial charge in [0.2, 0.25) is 0 Å². The van der Waals surface area contributed by atoms with Gasteiger partial charge in [-0.05, 0) is 18.8 Å². The summed E-state index contributed by atoms with van der Waals surface area (Å²) < 4.78 is 1.10. The molecule has 1 atom stereocenters. The van der Waals surface area contributed by atoms with E-state index in [1.54, 1.807) is 0 Å². The van der Waals surface area contributed by atoms with Gasteiger partial charge in [0.1, 0.15) is 0 Å². The van der Waals surface area contributed by atoms with Gasteiger partial charge in [0.05, 0.1) is 0 Å². The first-order valence-corrected chi connectivity index (χ1v) is 5.84. The molecule has 2 aliphatic rings. The van der Waals surface area contributed by atoms with Crippen molar-refractivity contribution in [3.63, 3.8) is 0 Å². The van der Waals surface area contributed by atoms with Crippen LogP contribution >= 0.6 is 15.9 Å². The predicted molar refractivity (Wildman–Crippen MR) is 59.0 cm³/mol. The van der Waals surface area contributed by atoms with E-state index in [0.717, 1.165) is 36.1 Å². The smallest absolute Gasteiger partial charge is 0.0295 e. The van der Waals surface area contributed by atoms with Crippen molar-refractivity contribution in [2.75, 3.05) is 26.2 Å². The lowest BCUT2D eigenvalue weighted by Gasteiger charge is -2.33. The van der Waals surface area contributed by atoms with E-state index < -0.39 is 0 Å². The largest absolute Gasteiger partial charge is 0.311 e. The summed E-state index contributed by atoms with van der Waals surface area (Å²) in [5.41, 5.74) is 0. The maximum atomic E-state index is 3.89. The Bertz CT molecular complexity index is 201. The minimum Gasteiger partial charge on any atom is -0.311 e. The highest BCUT2D eigenvalue weighted by Crippen LogP contribution is 2.33. The molecule has 0 aromatic rings. The summed E-state index contributed by atoms with van der Waals surface area (Å²) in [6, 6.07) is 0.751. The Balaban J connectivity index is 1.80. The van der Waals surface area contributed by atoms with Gasteiger partial charge in [-0.2, -0.15) is 0 Å². The Morgan fingerprint density at radius 3 is 2.92 bits per heavy atom. The second-order valence-corrected chi connectivity index (χ2v) is 5.27. The van der Waals surface area contributed by atoms with Gasteiger partial charge in [-0.3, -0.25) is 4.90 Å². The molecule has 2 rings (SSSR count). The zero-order valence-electron chi connectivity index (χ0n) is 7.93. The van der Waals surface area contributed by atoms with E-state index in [1.807, 2.05) is 0 Å². The zero-order valence-corrected chi connectivity index (χ0v) is 9.52. The highest BCUT2D eigenvalue weighted by atomic mass is 79.9. The molecular weight excluding hydrogens is 228 g/mol. The lowest BCUT2D eigenvalue weighted by molar-refractivity contribution is 0.205. The van der Waals surface area contributed by atoms with Gasteiger partial charge in [-0.25, -0.2) is 0 Å². The minimum atomic E-state index is 0.751. The molecular formula is C10H17BrN2. The van der Waals surface area contributed by atoms with E-state index in [9.17, 15) is 0 Å². The third-order valence-corrected chi connectivity index (χ3v) is 3.13. The molecule has 0 amide bonds. The second-order valence-electron chi connectivity index (χ2n) is 4.15. The fraction of sp³-hybridized carbons (Fsp3) is 0.800. The number of hydrogen-bond donors (Lipinski definition) is 1. The molecule has 0 radical (unpaired) electrons. The summed E-state index contributed by atoms with van der Waals surface area (Å²) in [6.07, 6.45) is 2.86. The van der Waals surface area contributed by atoms with Crippen molar-refractivity contribution in [1.82, 2.24) is 10.2 Å². The number of halogens is 1. The third kappa shape index (κ3) is 2.79. The lowest BCUT2D eigenvalue weighted by atomic mass is 10.1. The molecule has 1 saturated heterocycles. The van der Waals surface area contributed by atoms with Crippen LogP contribution in [0.1, 0.15) is 12.8 Å². The Morgan fingerprint density at radius 1 is 1.54 bits per heavy atom. The van der Waals surface area contributed by atoms with Crippen LogP contribution in [0.3, 0.4) is 0 Å². The monoisotopic (exact) mass is 244 g/mol. The van der Waals surface area contributed by atoms with E-state index in [0.29, 0.717) is 0 Å². The van der Waals surface area contributed by atoms with Gasteiger partial charge >= 0.3 is 0 Å². The molecule has 1 N–H and O–H groups in total. The van der Waals surface area contributed by atoms with Gasteiger partial charge in [0, 0.05) is 36.7 Å². The van der Waals surface area contributed by atoms with E-state index in [-0.39, 0.29) is 0 Å². The highest BCUT2D eigenvalue weighted by molar-refractivity contribution is 9.11. The molecule has 13 heavy (non-hydrogen) atoms. The van der Waals surface area contributed by atoms with E-state index >= 15 is 0 Å². The molecule has 0 bridgehead atoms. The van der Waals surface area contributed by atoms with E-state index in [1.165, 1.54) is 19.4 Å². The van der Waals surface area contributed by atoms with Crippen LogP contribution in [0.25, 0.3) is 0 Å². The van der Waals surface area contributed by atoms with Gasteiger partial charge in [0.15, 0.2) is 0 Å². The van der Waals surface area contributed by atoms with Crippen LogP contribution in [0.5, 0.6) is 0 Å². The molecule has 74 valence electrons. The summed E-state index contributed by atoms with van der Waals surface area (Å²) in [5, 5.41) is 3.60. The van der Waals surface area contributed by atoms with Gasteiger partial charge in [0.25, 0.3) is 0 Å². The Hall–Kier alpha value is 0.140. The van der Waals surface area contributed by atoms with Crippen LogP contribution in [0.15, 0.2) is 11.1 Å².